The average molecular weight is 205 g/mol. The summed E-state index contributed by atoms with van der Waals surface area (Å²) in [4.78, 5) is 11.2. The summed E-state index contributed by atoms with van der Waals surface area (Å²) >= 11 is 0. The van der Waals surface area contributed by atoms with Crippen LogP contribution >= 0.6 is 0 Å². The Labute approximate surface area is 87.2 Å². The second-order valence-electron chi connectivity index (χ2n) is 3.75. The van der Waals surface area contributed by atoms with E-state index in [-0.39, 0.29) is 18.2 Å². The highest BCUT2D eigenvalue weighted by atomic mass is 16.6. The van der Waals surface area contributed by atoms with E-state index < -0.39 is 0 Å². The van der Waals surface area contributed by atoms with E-state index in [1.54, 1.807) is 0 Å². The van der Waals surface area contributed by atoms with Crippen molar-refractivity contribution in [3.05, 3.63) is 29.8 Å². The molecule has 2 atom stereocenters. The molecule has 0 aromatic heterocycles. The van der Waals surface area contributed by atoms with Crippen LogP contribution in [0, 0.1) is 0 Å². The Bertz CT molecular complexity index is 405. The number of carbonyl (C=O) groups is 1. The van der Waals surface area contributed by atoms with Gasteiger partial charge in [-0.25, -0.2) is 4.79 Å². The van der Waals surface area contributed by atoms with E-state index in [9.17, 15) is 4.79 Å². The molecule has 3 rings (SSSR count). The molecule has 0 spiro atoms. The molecule has 0 radical (unpaired) electrons. The van der Waals surface area contributed by atoms with Crippen LogP contribution in [0.1, 0.15) is 18.1 Å². The highest BCUT2D eigenvalue weighted by Crippen LogP contribution is 2.36. The number of carbonyl (C=O) groups excluding carboxylic acids is 1. The third-order valence-electron chi connectivity index (χ3n) is 2.81. The molecule has 1 aromatic carbocycles. The standard InChI is InChI=1S/C11H11NO3/c13-11-12-8-5-6-14-9-4-2-1-3-7(9)10(8)15-11/h1-4,8,10H,5-6H2,(H,12,13). The minimum atomic E-state index is -0.332. The highest BCUT2D eigenvalue weighted by molar-refractivity contribution is 5.71. The van der Waals surface area contributed by atoms with Crippen molar-refractivity contribution in [3.8, 4) is 5.75 Å². The number of ether oxygens (including phenoxy) is 2. The second-order valence-corrected chi connectivity index (χ2v) is 3.75. The summed E-state index contributed by atoms with van der Waals surface area (Å²) in [6.45, 7) is 0.613. The van der Waals surface area contributed by atoms with Crippen LogP contribution in [-0.4, -0.2) is 18.7 Å². The van der Waals surface area contributed by atoms with E-state index in [2.05, 4.69) is 5.32 Å². The van der Waals surface area contributed by atoms with Crippen molar-refractivity contribution in [1.82, 2.24) is 5.32 Å². The summed E-state index contributed by atoms with van der Waals surface area (Å²) in [6.07, 6.45) is 0.253. The van der Waals surface area contributed by atoms with Crippen molar-refractivity contribution < 1.29 is 14.3 Å². The Balaban J connectivity index is 2.04. The van der Waals surface area contributed by atoms with E-state index in [1.165, 1.54) is 0 Å². The largest absolute Gasteiger partial charge is 0.493 e. The number of fused-ring (bicyclic) bond motifs is 3. The zero-order valence-electron chi connectivity index (χ0n) is 8.10. The van der Waals surface area contributed by atoms with E-state index in [0.29, 0.717) is 6.61 Å². The number of para-hydroxylation sites is 1. The first-order chi connectivity index (χ1) is 7.34. The van der Waals surface area contributed by atoms with Gasteiger partial charge in [-0.1, -0.05) is 18.2 Å². The molecule has 0 saturated carbocycles. The number of benzene rings is 1. The maximum absolute atomic E-state index is 11.2. The lowest BCUT2D eigenvalue weighted by atomic mass is 10.0. The van der Waals surface area contributed by atoms with Crippen molar-refractivity contribution in [1.29, 1.82) is 0 Å². The number of rotatable bonds is 0. The van der Waals surface area contributed by atoms with Crippen molar-refractivity contribution in [2.75, 3.05) is 6.61 Å². The highest BCUT2D eigenvalue weighted by Gasteiger charge is 2.38. The van der Waals surface area contributed by atoms with Gasteiger partial charge in [-0.05, 0) is 6.07 Å². The van der Waals surface area contributed by atoms with Crippen LogP contribution in [-0.2, 0) is 4.74 Å². The molecule has 2 aliphatic heterocycles. The summed E-state index contributed by atoms with van der Waals surface area (Å²) in [5, 5.41) is 2.80. The van der Waals surface area contributed by atoms with Crippen LogP contribution in [0.4, 0.5) is 4.79 Å². The van der Waals surface area contributed by atoms with Crippen LogP contribution in [0.15, 0.2) is 24.3 Å². The molecule has 4 heteroatoms. The molecule has 15 heavy (non-hydrogen) atoms. The third kappa shape index (κ3) is 1.33. The first-order valence-corrected chi connectivity index (χ1v) is 5.03. The van der Waals surface area contributed by atoms with Crippen LogP contribution < -0.4 is 10.1 Å². The van der Waals surface area contributed by atoms with Gasteiger partial charge in [0.15, 0.2) is 6.10 Å². The monoisotopic (exact) mass is 205 g/mol. The second kappa shape index (κ2) is 3.15. The van der Waals surface area contributed by atoms with Gasteiger partial charge < -0.3 is 14.8 Å². The Kier molecular flexibility index (Phi) is 1.80. The normalized spacial score (nSPS) is 27.9. The predicted molar refractivity (Wildman–Crippen MR) is 52.7 cm³/mol. The van der Waals surface area contributed by atoms with Crippen LogP contribution in [0.25, 0.3) is 0 Å². The number of amides is 1. The molecule has 1 aromatic rings. The zero-order chi connectivity index (χ0) is 10.3. The topological polar surface area (TPSA) is 47.6 Å². The lowest BCUT2D eigenvalue weighted by molar-refractivity contribution is 0.132. The Morgan fingerprint density at radius 3 is 3.13 bits per heavy atom. The molecule has 0 bridgehead atoms. The van der Waals surface area contributed by atoms with Crippen LogP contribution in [0.3, 0.4) is 0 Å². The minimum Gasteiger partial charge on any atom is -0.493 e. The number of nitrogens with one attached hydrogen (secondary N) is 1. The molecule has 1 saturated heterocycles. The summed E-state index contributed by atoms with van der Waals surface area (Å²) < 4.78 is 10.8. The molecular weight excluding hydrogens is 194 g/mol. The number of hydrogen-bond donors (Lipinski definition) is 1. The zero-order valence-corrected chi connectivity index (χ0v) is 8.10. The molecule has 1 amide bonds. The van der Waals surface area contributed by atoms with Gasteiger partial charge in [0, 0.05) is 12.0 Å². The van der Waals surface area contributed by atoms with Crippen LogP contribution in [0.5, 0.6) is 5.75 Å². The fourth-order valence-electron chi connectivity index (χ4n) is 2.11. The molecule has 1 N–H and O–H groups in total. The fourth-order valence-corrected chi connectivity index (χ4v) is 2.11. The Morgan fingerprint density at radius 2 is 2.20 bits per heavy atom. The van der Waals surface area contributed by atoms with Gasteiger partial charge in [-0.2, -0.15) is 0 Å². The van der Waals surface area contributed by atoms with Crippen molar-refractivity contribution >= 4 is 6.09 Å². The quantitative estimate of drug-likeness (QED) is 0.700. The van der Waals surface area contributed by atoms with Gasteiger partial charge in [0.2, 0.25) is 0 Å². The van der Waals surface area contributed by atoms with E-state index in [4.69, 9.17) is 9.47 Å². The van der Waals surface area contributed by atoms with Crippen molar-refractivity contribution in [2.24, 2.45) is 0 Å². The number of hydrogen-bond acceptors (Lipinski definition) is 3. The molecular formula is C11H11NO3. The molecule has 2 aliphatic rings. The summed E-state index contributed by atoms with van der Waals surface area (Å²) in [7, 11) is 0. The molecule has 1 fully saturated rings. The third-order valence-corrected chi connectivity index (χ3v) is 2.81. The molecule has 2 heterocycles. The maximum atomic E-state index is 11.2. The first-order valence-electron chi connectivity index (χ1n) is 5.03. The van der Waals surface area contributed by atoms with E-state index in [1.807, 2.05) is 24.3 Å². The Hall–Kier alpha value is -1.71. The van der Waals surface area contributed by atoms with Crippen molar-refractivity contribution in [3.63, 3.8) is 0 Å². The van der Waals surface area contributed by atoms with E-state index >= 15 is 0 Å². The molecule has 2 unspecified atom stereocenters. The van der Waals surface area contributed by atoms with Crippen molar-refractivity contribution in [2.45, 2.75) is 18.6 Å². The lowest BCUT2D eigenvalue weighted by Gasteiger charge is -2.13. The van der Waals surface area contributed by atoms with Gasteiger partial charge in [0.1, 0.15) is 5.75 Å². The molecule has 4 nitrogen and oxygen atoms in total. The summed E-state index contributed by atoms with van der Waals surface area (Å²) in [5.41, 5.74) is 0.957. The minimum absolute atomic E-state index is 0.0427. The molecule has 78 valence electrons. The van der Waals surface area contributed by atoms with Gasteiger partial charge in [0.05, 0.1) is 12.6 Å². The smallest absolute Gasteiger partial charge is 0.408 e. The summed E-state index contributed by atoms with van der Waals surface area (Å²) in [6, 6.07) is 7.74. The average Bonchev–Trinajstić information content (AvgIpc) is 2.52. The van der Waals surface area contributed by atoms with Gasteiger partial charge in [0.25, 0.3) is 0 Å². The Morgan fingerprint density at radius 1 is 1.33 bits per heavy atom. The van der Waals surface area contributed by atoms with Crippen LogP contribution in [0.2, 0.25) is 0 Å². The fraction of sp³-hybridized carbons (Fsp3) is 0.364. The molecule has 0 aliphatic carbocycles. The lowest BCUT2D eigenvalue weighted by Crippen LogP contribution is -2.28. The maximum Gasteiger partial charge on any atom is 0.408 e. The number of alkyl carbamates (subject to hydrolysis) is 1. The van der Waals surface area contributed by atoms with E-state index in [0.717, 1.165) is 17.7 Å². The van der Waals surface area contributed by atoms with Gasteiger partial charge in [-0.15, -0.1) is 0 Å². The predicted octanol–water partition coefficient (Wildman–Crippen LogP) is 1.62. The first kappa shape index (κ1) is 8.59. The van der Waals surface area contributed by atoms with Gasteiger partial charge in [-0.3, -0.25) is 0 Å². The summed E-state index contributed by atoms with van der Waals surface area (Å²) in [5.74, 6) is 0.821. The van der Waals surface area contributed by atoms with Gasteiger partial charge >= 0.3 is 6.09 Å². The SMILES string of the molecule is O=C1NC2CCOc3ccccc3C2O1.